The molecular weight excluding hydrogens is 522 g/mol. The first-order valence-electron chi connectivity index (χ1n) is 12.6. The Morgan fingerprint density at radius 2 is 1.92 bits per heavy atom. The van der Waals surface area contributed by atoms with Crippen LogP contribution in [0.2, 0.25) is 0 Å². The first kappa shape index (κ1) is 28.7. The van der Waals surface area contributed by atoms with E-state index in [0.717, 1.165) is 10.9 Å². The van der Waals surface area contributed by atoms with Crippen molar-refractivity contribution >= 4 is 38.2 Å². The number of anilines is 2. The summed E-state index contributed by atoms with van der Waals surface area (Å²) in [5.74, 6) is 0.880. The third kappa shape index (κ3) is 6.29. The fourth-order valence-corrected chi connectivity index (χ4v) is 5.15. The molecule has 0 fully saturated rings. The van der Waals surface area contributed by atoms with Gasteiger partial charge in [-0.25, -0.2) is 28.2 Å². The maximum Gasteiger partial charge on any atom is 0.340 e. The van der Waals surface area contributed by atoms with E-state index in [4.69, 9.17) is 24.9 Å². The number of nitrogens with one attached hydrogen (secondary N) is 1. The van der Waals surface area contributed by atoms with E-state index in [0.29, 0.717) is 40.6 Å². The van der Waals surface area contributed by atoms with E-state index in [1.165, 1.54) is 6.26 Å². The van der Waals surface area contributed by atoms with Gasteiger partial charge in [-0.1, -0.05) is 6.92 Å². The maximum atomic E-state index is 12.5. The van der Waals surface area contributed by atoms with Gasteiger partial charge in [0.1, 0.15) is 27.1 Å². The van der Waals surface area contributed by atoms with Crippen molar-refractivity contribution in [1.82, 2.24) is 15.0 Å². The van der Waals surface area contributed by atoms with Crippen molar-refractivity contribution < 1.29 is 27.4 Å². The van der Waals surface area contributed by atoms with Crippen molar-refractivity contribution in [2.24, 2.45) is 5.73 Å². The lowest BCUT2D eigenvalue weighted by molar-refractivity contribution is -0.0189. The lowest BCUT2D eigenvalue weighted by Gasteiger charge is -2.36. The van der Waals surface area contributed by atoms with Crippen LogP contribution in [0, 0.1) is 0 Å². The fraction of sp³-hybridized carbons (Fsp3) is 0.481. The van der Waals surface area contributed by atoms with E-state index in [1.54, 1.807) is 31.6 Å². The van der Waals surface area contributed by atoms with Crippen LogP contribution in [0.25, 0.3) is 10.8 Å². The van der Waals surface area contributed by atoms with Gasteiger partial charge in [0.2, 0.25) is 5.88 Å². The van der Waals surface area contributed by atoms with Crippen molar-refractivity contribution in [3.05, 3.63) is 47.4 Å². The summed E-state index contributed by atoms with van der Waals surface area (Å²) in [7, 11) is -1.51. The zero-order chi connectivity index (χ0) is 28.6. The number of nitrogens with two attached hydrogens (primary N) is 1. The van der Waals surface area contributed by atoms with Gasteiger partial charge in [-0.15, -0.1) is 0 Å². The van der Waals surface area contributed by atoms with Crippen molar-refractivity contribution in [3.63, 3.8) is 0 Å². The maximum absolute atomic E-state index is 12.5. The van der Waals surface area contributed by atoms with E-state index in [-0.39, 0.29) is 24.9 Å². The number of nitrogens with zero attached hydrogens (tertiary/aromatic N) is 3. The topological polar surface area (TPSA) is 156 Å². The lowest BCUT2D eigenvalue weighted by Crippen LogP contribution is -2.39. The second-order valence-corrected chi connectivity index (χ2v) is 13.0. The normalized spacial score (nSPS) is 18.2. The molecule has 0 aliphatic carbocycles. The van der Waals surface area contributed by atoms with Crippen molar-refractivity contribution in [1.29, 1.82) is 0 Å². The molecule has 3 N–H and O–H groups in total. The highest BCUT2D eigenvalue weighted by Crippen LogP contribution is 2.38. The molecule has 1 aliphatic rings. The highest BCUT2D eigenvalue weighted by molar-refractivity contribution is 7.90. The number of ether oxygens (including phenoxy) is 3. The van der Waals surface area contributed by atoms with Crippen LogP contribution in [0.4, 0.5) is 11.6 Å². The Balaban J connectivity index is 1.70. The van der Waals surface area contributed by atoms with E-state index in [9.17, 15) is 13.2 Å². The van der Waals surface area contributed by atoms with Gasteiger partial charge in [0.25, 0.3) is 0 Å². The van der Waals surface area contributed by atoms with Crippen molar-refractivity contribution in [2.75, 3.05) is 37.6 Å². The predicted octanol–water partition coefficient (Wildman–Crippen LogP) is 3.45. The van der Waals surface area contributed by atoms with Crippen LogP contribution in [-0.2, 0) is 24.8 Å². The van der Waals surface area contributed by atoms with Crippen molar-refractivity contribution in [3.8, 4) is 5.88 Å². The molecular formula is C27H35N5O6S. The molecule has 0 saturated heterocycles. The highest BCUT2D eigenvalue weighted by atomic mass is 32.2. The lowest BCUT2D eigenvalue weighted by atomic mass is 9.84. The first-order valence-corrected chi connectivity index (χ1v) is 14.7. The summed E-state index contributed by atoms with van der Waals surface area (Å²) in [6.45, 7) is 7.99. The molecule has 4 rings (SSSR count). The Hall–Kier alpha value is -3.35. The molecule has 210 valence electrons. The zero-order valence-electron chi connectivity index (χ0n) is 23.1. The van der Waals surface area contributed by atoms with E-state index >= 15 is 0 Å². The van der Waals surface area contributed by atoms with Gasteiger partial charge in [0, 0.05) is 37.2 Å². The second kappa shape index (κ2) is 10.7. The SMILES string of the molecule is COC[C@@](C)(N)c1cnc(OCCCS(C)(=O)=O)c2cnc(Nc3ccc4c(n3)[C@@H](C)C(C)(C)OC4=O)cc12. The molecule has 0 radical (unpaired) electrons. The van der Waals surface area contributed by atoms with Gasteiger partial charge in [0.05, 0.1) is 41.1 Å². The minimum absolute atomic E-state index is 0.0192. The van der Waals surface area contributed by atoms with Gasteiger partial charge in [-0.2, -0.15) is 0 Å². The second-order valence-electron chi connectivity index (χ2n) is 10.7. The Morgan fingerprint density at radius 3 is 2.62 bits per heavy atom. The van der Waals surface area contributed by atoms with Gasteiger partial charge >= 0.3 is 5.97 Å². The Bertz CT molecular complexity index is 1510. The average Bonchev–Trinajstić information content (AvgIpc) is 2.84. The number of esters is 1. The largest absolute Gasteiger partial charge is 0.477 e. The van der Waals surface area contributed by atoms with Gasteiger partial charge < -0.3 is 25.3 Å². The van der Waals surface area contributed by atoms with Crippen LogP contribution < -0.4 is 15.8 Å². The van der Waals surface area contributed by atoms with Crippen LogP contribution >= 0.6 is 0 Å². The number of rotatable bonds is 10. The number of hydrogen-bond donors (Lipinski definition) is 2. The third-order valence-electron chi connectivity index (χ3n) is 6.90. The average molecular weight is 558 g/mol. The molecule has 11 nitrogen and oxygen atoms in total. The summed E-state index contributed by atoms with van der Waals surface area (Å²) in [5.41, 5.74) is 6.89. The standard InChI is InChI=1S/C27H35N5O6S/c1-16-23-17(25(33)38-26(16,2)3)8-9-21(32-23)31-22-12-18-19(13-29-22)24(37-10-7-11-39(6,34)35)30-14-20(18)27(4,28)15-36-5/h8-9,12-14,16H,7,10-11,15,28H2,1-6H3,(H,29,31,32)/t16-,27-/m1/s1. The number of aromatic nitrogens is 3. The number of hydrogen-bond acceptors (Lipinski definition) is 11. The quantitative estimate of drug-likeness (QED) is 0.278. The molecule has 0 unspecified atom stereocenters. The molecule has 4 heterocycles. The molecule has 0 bridgehead atoms. The molecule has 12 heteroatoms. The number of cyclic esters (lactones) is 1. The molecule has 0 aromatic carbocycles. The Morgan fingerprint density at radius 1 is 1.18 bits per heavy atom. The van der Waals surface area contributed by atoms with Gasteiger partial charge in [-0.3, -0.25) is 0 Å². The minimum atomic E-state index is -3.09. The number of methoxy groups -OCH3 is 1. The van der Waals surface area contributed by atoms with Crippen LogP contribution in [0.1, 0.15) is 61.6 Å². The first-order chi connectivity index (χ1) is 18.2. The molecule has 0 saturated carbocycles. The van der Waals surface area contributed by atoms with Crippen LogP contribution in [0.15, 0.2) is 30.6 Å². The molecule has 39 heavy (non-hydrogen) atoms. The smallest absolute Gasteiger partial charge is 0.340 e. The summed E-state index contributed by atoms with van der Waals surface area (Å²) >= 11 is 0. The van der Waals surface area contributed by atoms with E-state index < -0.39 is 26.9 Å². The number of fused-ring (bicyclic) bond motifs is 2. The monoisotopic (exact) mass is 557 g/mol. The van der Waals surface area contributed by atoms with Gasteiger partial charge in [-0.05, 0) is 50.8 Å². The van der Waals surface area contributed by atoms with Crippen LogP contribution in [0.5, 0.6) is 5.88 Å². The van der Waals surface area contributed by atoms with Crippen LogP contribution in [0.3, 0.4) is 0 Å². The van der Waals surface area contributed by atoms with Crippen LogP contribution in [-0.4, -0.2) is 67.3 Å². The molecule has 0 spiro atoms. The summed E-state index contributed by atoms with van der Waals surface area (Å²) in [5, 5.41) is 4.61. The molecule has 2 atom stereocenters. The number of carbonyl (C=O) groups is 1. The number of carbonyl (C=O) groups excluding carboxylic acids is 1. The number of sulfone groups is 1. The summed E-state index contributed by atoms with van der Waals surface area (Å²) in [6.07, 6.45) is 4.80. The zero-order valence-corrected chi connectivity index (χ0v) is 23.9. The summed E-state index contributed by atoms with van der Waals surface area (Å²) in [6, 6.07) is 5.24. The summed E-state index contributed by atoms with van der Waals surface area (Å²) in [4.78, 5) is 26.2. The van der Waals surface area contributed by atoms with Gasteiger partial charge in [0.15, 0.2) is 0 Å². The molecule has 3 aromatic rings. The molecule has 3 aromatic heterocycles. The summed E-state index contributed by atoms with van der Waals surface area (Å²) < 4.78 is 39.7. The van der Waals surface area contributed by atoms with E-state index in [1.807, 2.05) is 33.8 Å². The van der Waals surface area contributed by atoms with Crippen molar-refractivity contribution in [2.45, 2.75) is 51.2 Å². The third-order valence-corrected chi connectivity index (χ3v) is 7.93. The van der Waals surface area contributed by atoms with E-state index in [2.05, 4.69) is 15.3 Å². The molecule has 1 aliphatic heterocycles. The Labute approximate surface area is 228 Å². The fourth-order valence-electron chi connectivity index (χ4n) is 4.51. The minimum Gasteiger partial charge on any atom is -0.477 e. The predicted molar refractivity (Wildman–Crippen MR) is 148 cm³/mol. The highest BCUT2D eigenvalue weighted by Gasteiger charge is 2.40. The Kier molecular flexibility index (Phi) is 7.84. The molecule has 0 amide bonds. The number of pyridine rings is 3.